The van der Waals surface area contributed by atoms with E-state index in [1.807, 2.05) is 4.90 Å². The Morgan fingerprint density at radius 1 is 1.41 bits per heavy atom. The molecular formula is C16H19FN2O3. The Morgan fingerprint density at radius 3 is 2.59 bits per heavy atom. The zero-order valence-electron chi connectivity index (χ0n) is 12.5. The van der Waals surface area contributed by atoms with Crippen LogP contribution in [0.25, 0.3) is 0 Å². The lowest BCUT2D eigenvalue weighted by Gasteiger charge is -2.31. The molecule has 1 aromatic carbocycles. The van der Waals surface area contributed by atoms with Gasteiger partial charge >= 0.3 is 0 Å². The second-order valence-electron chi connectivity index (χ2n) is 5.32. The number of likely N-dealkylation sites (tertiary alicyclic amines) is 1. The Morgan fingerprint density at radius 2 is 2.05 bits per heavy atom. The summed E-state index contributed by atoms with van der Waals surface area (Å²) in [6.45, 7) is 1.82. The van der Waals surface area contributed by atoms with Crippen LogP contribution in [0.1, 0.15) is 24.3 Å². The fourth-order valence-corrected chi connectivity index (χ4v) is 2.67. The van der Waals surface area contributed by atoms with Crippen molar-refractivity contribution in [2.45, 2.75) is 18.8 Å². The fourth-order valence-electron chi connectivity index (χ4n) is 2.67. The topological polar surface area (TPSA) is 62.6 Å². The minimum Gasteiger partial charge on any atom is -0.298 e. The first kappa shape index (κ1) is 16.6. The van der Waals surface area contributed by atoms with Gasteiger partial charge in [-0.2, -0.15) is 5.26 Å². The molecule has 1 atom stereocenters. The Bertz CT molecular complexity index is 533. The third kappa shape index (κ3) is 4.10. The smallest absolute Gasteiger partial charge is 0.157 e. The summed E-state index contributed by atoms with van der Waals surface area (Å²) in [6.07, 6.45) is 1.37. The Balaban J connectivity index is 1.96. The summed E-state index contributed by atoms with van der Waals surface area (Å²) >= 11 is 0. The zero-order chi connectivity index (χ0) is 15.9. The molecule has 0 amide bonds. The van der Waals surface area contributed by atoms with E-state index in [0.717, 1.165) is 13.1 Å². The number of piperidine rings is 1. The number of rotatable bonds is 6. The lowest BCUT2D eigenvalue weighted by molar-refractivity contribution is -0.296. The van der Waals surface area contributed by atoms with Crippen LogP contribution < -0.4 is 0 Å². The molecule has 1 heterocycles. The molecule has 2 rings (SSSR count). The van der Waals surface area contributed by atoms with Gasteiger partial charge in [-0.1, -0.05) is 12.1 Å². The summed E-state index contributed by atoms with van der Waals surface area (Å²) < 4.78 is 13.0. The molecule has 1 unspecified atom stereocenters. The number of nitriles is 1. The summed E-state index contributed by atoms with van der Waals surface area (Å²) in [5, 5.41) is 9.31. The van der Waals surface area contributed by atoms with Gasteiger partial charge in [-0.15, -0.1) is 0 Å². The van der Waals surface area contributed by atoms with E-state index in [9.17, 15) is 14.4 Å². The highest BCUT2D eigenvalue weighted by Gasteiger charge is 2.31. The molecule has 5 nitrogen and oxygen atoms in total. The highest BCUT2D eigenvalue weighted by atomic mass is 19.1. The van der Waals surface area contributed by atoms with Gasteiger partial charge in [0.25, 0.3) is 0 Å². The predicted octanol–water partition coefficient (Wildman–Crippen LogP) is 2.25. The van der Waals surface area contributed by atoms with Crippen molar-refractivity contribution >= 4 is 5.78 Å². The normalized spacial score (nSPS) is 17.9. The number of benzene rings is 1. The van der Waals surface area contributed by atoms with Crippen LogP contribution in [-0.2, 0) is 14.6 Å². The molecule has 1 fully saturated rings. The van der Waals surface area contributed by atoms with E-state index in [1.54, 1.807) is 0 Å². The third-order valence-electron chi connectivity index (χ3n) is 3.96. The number of Topliss-reactive ketones (excluding diaryl/α,β-unsaturated/α-hetero) is 1. The van der Waals surface area contributed by atoms with Crippen LogP contribution in [0, 0.1) is 23.1 Å². The molecule has 1 aromatic rings. The molecule has 1 saturated heterocycles. The van der Waals surface area contributed by atoms with Crippen LogP contribution >= 0.6 is 0 Å². The number of carbonyl (C=O) groups is 1. The summed E-state index contributed by atoms with van der Waals surface area (Å²) in [5.41, 5.74) is 0.555. The van der Waals surface area contributed by atoms with Gasteiger partial charge in [-0.25, -0.2) is 14.2 Å². The SMILES string of the molecule is COOCN1CCC(C(=O)C(C#N)c2ccc(F)cc2)CC1. The van der Waals surface area contributed by atoms with Gasteiger partial charge in [-0.3, -0.25) is 9.69 Å². The van der Waals surface area contributed by atoms with Crippen LogP contribution in [0.5, 0.6) is 0 Å². The van der Waals surface area contributed by atoms with E-state index in [2.05, 4.69) is 11.0 Å². The van der Waals surface area contributed by atoms with Gasteiger partial charge in [0.15, 0.2) is 5.78 Å². The van der Waals surface area contributed by atoms with Gasteiger partial charge < -0.3 is 0 Å². The quantitative estimate of drug-likeness (QED) is 0.596. The monoisotopic (exact) mass is 306 g/mol. The Labute approximate surface area is 129 Å². The van der Waals surface area contributed by atoms with Crippen molar-refractivity contribution < 1.29 is 19.0 Å². The molecular weight excluding hydrogens is 287 g/mol. The van der Waals surface area contributed by atoms with Crippen LogP contribution in [0.3, 0.4) is 0 Å². The lowest BCUT2D eigenvalue weighted by atomic mass is 9.83. The summed E-state index contributed by atoms with van der Waals surface area (Å²) in [5.74, 6) is -1.43. The van der Waals surface area contributed by atoms with Gasteiger partial charge in [0.1, 0.15) is 18.5 Å². The van der Waals surface area contributed by atoms with Gasteiger partial charge in [0.05, 0.1) is 13.2 Å². The van der Waals surface area contributed by atoms with Crippen molar-refractivity contribution in [3.8, 4) is 6.07 Å². The molecule has 6 heteroatoms. The molecule has 0 spiro atoms. The van der Waals surface area contributed by atoms with Gasteiger partial charge in [-0.05, 0) is 30.5 Å². The lowest BCUT2D eigenvalue weighted by Crippen LogP contribution is -2.38. The van der Waals surface area contributed by atoms with Crippen molar-refractivity contribution in [2.75, 3.05) is 26.9 Å². The van der Waals surface area contributed by atoms with Crippen LogP contribution in [-0.4, -0.2) is 37.6 Å². The van der Waals surface area contributed by atoms with Gasteiger partial charge in [0.2, 0.25) is 0 Å². The molecule has 118 valence electrons. The number of hydrogen-bond donors (Lipinski definition) is 0. The van der Waals surface area contributed by atoms with Crippen LogP contribution in [0.4, 0.5) is 4.39 Å². The standard InChI is InChI=1S/C16H19FN2O3/c1-21-22-11-19-8-6-13(7-9-19)16(20)15(10-18)12-2-4-14(17)5-3-12/h2-5,13,15H,6-9,11H2,1H3. The molecule has 1 aliphatic heterocycles. The molecule has 0 saturated carbocycles. The van der Waals surface area contributed by atoms with Crippen molar-refractivity contribution in [1.29, 1.82) is 5.26 Å². The molecule has 0 N–H and O–H groups in total. The Hall–Kier alpha value is -1.81. The van der Waals surface area contributed by atoms with E-state index < -0.39 is 5.92 Å². The second-order valence-corrected chi connectivity index (χ2v) is 5.32. The highest BCUT2D eigenvalue weighted by molar-refractivity contribution is 5.90. The van der Waals surface area contributed by atoms with Gasteiger partial charge in [0, 0.05) is 19.0 Å². The average molecular weight is 306 g/mol. The first-order chi connectivity index (χ1) is 10.7. The zero-order valence-corrected chi connectivity index (χ0v) is 12.5. The largest absolute Gasteiger partial charge is 0.298 e. The molecule has 22 heavy (non-hydrogen) atoms. The van der Waals surface area contributed by atoms with Crippen LogP contribution in [0.2, 0.25) is 0 Å². The number of ketones is 1. The molecule has 0 radical (unpaired) electrons. The number of carbonyl (C=O) groups excluding carboxylic acids is 1. The second kappa shape index (κ2) is 7.99. The van der Waals surface area contributed by atoms with Crippen molar-refractivity contribution in [3.05, 3.63) is 35.6 Å². The maximum absolute atomic E-state index is 13.0. The maximum Gasteiger partial charge on any atom is 0.157 e. The highest BCUT2D eigenvalue weighted by Crippen LogP contribution is 2.26. The Kier molecular flexibility index (Phi) is 6.01. The molecule has 0 aromatic heterocycles. The maximum atomic E-state index is 13.0. The van der Waals surface area contributed by atoms with Crippen molar-refractivity contribution in [1.82, 2.24) is 4.90 Å². The minimum absolute atomic E-state index is 0.0820. The minimum atomic E-state index is -0.827. The summed E-state index contributed by atoms with van der Waals surface area (Å²) in [7, 11) is 1.45. The van der Waals surface area contributed by atoms with E-state index in [1.165, 1.54) is 31.4 Å². The number of nitrogens with zero attached hydrogens (tertiary/aromatic N) is 2. The van der Waals surface area contributed by atoms with E-state index in [-0.39, 0.29) is 17.5 Å². The molecule has 1 aliphatic rings. The predicted molar refractivity (Wildman–Crippen MR) is 77.0 cm³/mol. The van der Waals surface area contributed by atoms with E-state index in [4.69, 9.17) is 4.89 Å². The average Bonchev–Trinajstić information content (AvgIpc) is 2.55. The fraction of sp³-hybridized carbons (Fsp3) is 0.500. The first-order valence-electron chi connectivity index (χ1n) is 7.22. The first-order valence-corrected chi connectivity index (χ1v) is 7.22. The summed E-state index contributed by atoms with van der Waals surface area (Å²) in [4.78, 5) is 24.0. The number of halogens is 1. The molecule has 0 bridgehead atoms. The summed E-state index contributed by atoms with van der Waals surface area (Å²) in [6, 6.07) is 7.61. The van der Waals surface area contributed by atoms with Crippen molar-refractivity contribution in [3.63, 3.8) is 0 Å². The number of hydrogen-bond acceptors (Lipinski definition) is 5. The van der Waals surface area contributed by atoms with Crippen molar-refractivity contribution in [2.24, 2.45) is 5.92 Å². The van der Waals surface area contributed by atoms with E-state index in [0.29, 0.717) is 25.1 Å². The van der Waals surface area contributed by atoms with Crippen LogP contribution in [0.15, 0.2) is 24.3 Å². The van der Waals surface area contributed by atoms with E-state index >= 15 is 0 Å². The third-order valence-corrected chi connectivity index (χ3v) is 3.96. The molecule has 0 aliphatic carbocycles.